The summed E-state index contributed by atoms with van der Waals surface area (Å²) in [7, 11) is 3.27. The van der Waals surface area contributed by atoms with Crippen molar-refractivity contribution < 1.29 is 14.3 Å². The lowest BCUT2D eigenvalue weighted by Gasteiger charge is -2.15. The molecule has 0 aliphatic heterocycles. The van der Waals surface area contributed by atoms with Gasteiger partial charge in [0.2, 0.25) is 5.91 Å². The minimum Gasteiger partial charge on any atom is -0.497 e. The first-order valence-electron chi connectivity index (χ1n) is 13.5. The fourth-order valence-electron chi connectivity index (χ4n) is 5.11. The highest BCUT2D eigenvalue weighted by Crippen LogP contribution is 2.45. The molecule has 1 atom stereocenters. The molecule has 0 bridgehead atoms. The number of methoxy groups -OCH3 is 2. The molecule has 1 amide bonds. The van der Waals surface area contributed by atoms with Gasteiger partial charge in [-0.2, -0.15) is 5.26 Å². The van der Waals surface area contributed by atoms with Crippen LogP contribution in [0.15, 0.2) is 78.0 Å². The van der Waals surface area contributed by atoms with Gasteiger partial charge >= 0.3 is 0 Å². The van der Waals surface area contributed by atoms with Crippen molar-refractivity contribution in [1.82, 2.24) is 9.97 Å². The highest BCUT2D eigenvalue weighted by Gasteiger charge is 2.27. The van der Waals surface area contributed by atoms with E-state index in [1.807, 2.05) is 67.6 Å². The van der Waals surface area contributed by atoms with E-state index in [9.17, 15) is 10.1 Å². The van der Waals surface area contributed by atoms with E-state index in [0.29, 0.717) is 15.7 Å². The highest BCUT2D eigenvalue weighted by atomic mass is 32.2. The minimum atomic E-state index is -0.471. The zero-order valence-electron chi connectivity index (χ0n) is 23.4. The number of nitrogens with zero attached hydrogens (tertiary/aromatic N) is 2. The predicted molar refractivity (Wildman–Crippen MR) is 168 cm³/mol. The minimum absolute atomic E-state index is 0.184. The van der Waals surface area contributed by atoms with Gasteiger partial charge in [-0.25, -0.2) is 4.98 Å². The van der Waals surface area contributed by atoms with Crippen molar-refractivity contribution in [3.8, 4) is 50.5 Å². The monoisotopic (exact) mass is 592 g/mol. The average molecular weight is 593 g/mol. The zero-order chi connectivity index (χ0) is 29.2. The Kier molecular flexibility index (Phi) is 7.74. The largest absolute Gasteiger partial charge is 0.497 e. The molecule has 0 saturated carbocycles. The third-order valence-electron chi connectivity index (χ3n) is 7.34. The van der Waals surface area contributed by atoms with Crippen LogP contribution in [0.2, 0.25) is 0 Å². The van der Waals surface area contributed by atoms with Gasteiger partial charge in [-0.15, -0.1) is 11.3 Å². The maximum atomic E-state index is 13.4. The van der Waals surface area contributed by atoms with E-state index >= 15 is 0 Å². The van der Waals surface area contributed by atoms with Gasteiger partial charge in [0.25, 0.3) is 0 Å². The van der Waals surface area contributed by atoms with Gasteiger partial charge in [0, 0.05) is 16.0 Å². The predicted octanol–water partition coefficient (Wildman–Crippen LogP) is 7.58. The summed E-state index contributed by atoms with van der Waals surface area (Å²) in [6, 6.07) is 26.1. The van der Waals surface area contributed by atoms with Crippen molar-refractivity contribution in [1.29, 1.82) is 5.26 Å². The molecule has 9 heteroatoms. The molecular weight excluding hydrogens is 565 g/mol. The van der Waals surface area contributed by atoms with Gasteiger partial charge in [-0.05, 0) is 85.0 Å². The molecule has 0 fully saturated rings. The quantitative estimate of drug-likeness (QED) is 0.180. The molecule has 3 aromatic carbocycles. The molecule has 42 heavy (non-hydrogen) atoms. The van der Waals surface area contributed by atoms with Crippen LogP contribution < -0.4 is 14.8 Å². The van der Waals surface area contributed by atoms with Crippen LogP contribution in [0, 0.1) is 11.3 Å². The van der Waals surface area contributed by atoms with E-state index in [1.54, 1.807) is 14.2 Å². The first-order chi connectivity index (χ1) is 20.5. The number of aromatic amines is 1. The number of hydrogen-bond donors (Lipinski definition) is 2. The number of rotatable bonds is 8. The van der Waals surface area contributed by atoms with Crippen molar-refractivity contribution in [2.24, 2.45) is 0 Å². The standard InChI is InChI=1S/C33H28N4O3S2/c1-19(31(38)37-32-27(18-34)26-17-12-20-6-4-5-7-25(20)30(26)42-32)41-33-35-28(21-8-13-23(39-2)14-9-21)29(36-33)22-10-15-24(40-3)16-11-22/h4-11,13-16,19H,12,17H2,1-3H3,(H,35,36)(H,37,38). The first kappa shape index (κ1) is 27.6. The summed E-state index contributed by atoms with van der Waals surface area (Å²) in [4.78, 5) is 22.8. The lowest BCUT2D eigenvalue weighted by atomic mass is 9.90. The Morgan fingerprint density at radius 1 is 1.00 bits per heavy atom. The molecule has 210 valence electrons. The van der Waals surface area contributed by atoms with Crippen LogP contribution >= 0.6 is 23.1 Å². The maximum Gasteiger partial charge on any atom is 0.238 e. The molecule has 2 aromatic heterocycles. The number of amides is 1. The number of imidazole rings is 1. The summed E-state index contributed by atoms with van der Waals surface area (Å²) in [5, 5.41) is 13.8. The molecular formula is C33H28N4O3S2. The molecule has 0 saturated heterocycles. The normalized spacial score (nSPS) is 12.5. The van der Waals surface area contributed by atoms with E-state index in [4.69, 9.17) is 14.5 Å². The Labute approximate surface area is 252 Å². The number of nitrogens with one attached hydrogen (secondary N) is 2. The molecule has 5 aromatic rings. The number of carbonyl (C=O) groups excluding carboxylic acids is 1. The Morgan fingerprint density at radius 2 is 1.67 bits per heavy atom. The summed E-state index contributed by atoms with van der Waals surface area (Å²) in [6.07, 6.45) is 1.68. The number of aryl methyl sites for hydroxylation is 1. The summed E-state index contributed by atoms with van der Waals surface area (Å²) in [5.74, 6) is 1.34. The molecule has 0 radical (unpaired) electrons. The number of anilines is 1. The Bertz CT molecular complexity index is 1740. The maximum absolute atomic E-state index is 13.4. The van der Waals surface area contributed by atoms with Crippen molar-refractivity contribution in [2.45, 2.75) is 30.2 Å². The van der Waals surface area contributed by atoms with E-state index in [-0.39, 0.29) is 5.91 Å². The second-order valence-corrected chi connectivity index (χ2v) is 12.2. The van der Waals surface area contributed by atoms with Crippen LogP contribution in [0.5, 0.6) is 11.5 Å². The first-order valence-corrected chi connectivity index (χ1v) is 15.2. The van der Waals surface area contributed by atoms with Gasteiger partial charge < -0.3 is 19.8 Å². The summed E-state index contributed by atoms with van der Waals surface area (Å²) >= 11 is 2.82. The van der Waals surface area contributed by atoms with Gasteiger partial charge in [0.05, 0.1) is 36.4 Å². The van der Waals surface area contributed by atoms with Crippen LogP contribution in [-0.2, 0) is 17.6 Å². The van der Waals surface area contributed by atoms with Gasteiger partial charge in [0.15, 0.2) is 5.16 Å². The molecule has 2 heterocycles. The average Bonchev–Trinajstić information content (AvgIpc) is 3.62. The fraction of sp³-hybridized carbons (Fsp3) is 0.182. The van der Waals surface area contributed by atoms with Gasteiger partial charge in [0.1, 0.15) is 22.6 Å². The molecule has 2 N–H and O–H groups in total. The topological polar surface area (TPSA) is 100 Å². The molecule has 1 aliphatic rings. The Balaban J connectivity index is 1.27. The zero-order valence-corrected chi connectivity index (χ0v) is 25.0. The van der Waals surface area contributed by atoms with Crippen molar-refractivity contribution in [3.05, 3.63) is 89.5 Å². The molecule has 6 rings (SSSR count). The smallest absolute Gasteiger partial charge is 0.238 e. The third kappa shape index (κ3) is 5.27. The number of H-pyrrole nitrogens is 1. The van der Waals surface area contributed by atoms with Crippen LogP contribution in [0.25, 0.3) is 33.0 Å². The van der Waals surface area contributed by atoms with Crippen molar-refractivity contribution >= 4 is 34.0 Å². The Hall–Kier alpha value is -4.52. The number of aromatic nitrogens is 2. The lowest BCUT2D eigenvalue weighted by molar-refractivity contribution is -0.115. The number of nitriles is 1. The number of benzene rings is 3. The van der Waals surface area contributed by atoms with E-state index in [2.05, 4.69) is 28.5 Å². The number of hydrogen-bond acceptors (Lipinski definition) is 7. The van der Waals surface area contributed by atoms with Crippen LogP contribution in [-0.4, -0.2) is 35.3 Å². The SMILES string of the molecule is COc1ccc(-c2nc(SC(C)C(=O)Nc3sc4c(c3C#N)CCc3ccccc3-4)[nH]c2-c2ccc(OC)cc2)cc1. The molecule has 1 unspecified atom stereocenters. The molecule has 1 aliphatic carbocycles. The number of thioether (sulfide) groups is 1. The van der Waals surface area contributed by atoms with Crippen molar-refractivity contribution in [2.75, 3.05) is 19.5 Å². The number of carbonyl (C=O) groups is 1. The summed E-state index contributed by atoms with van der Waals surface area (Å²) in [6.45, 7) is 1.84. The lowest BCUT2D eigenvalue weighted by Crippen LogP contribution is -2.22. The summed E-state index contributed by atoms with van der Waals surface area (Å²) < 4.78 is 10.7. The summed E-state index contributed by atoms with van der Waals surface area (Å²) in [5.41, 5.74) is 7.49. The van der Waals surface area contributed by atoms with Crippen molar-refractivity contribution in [3.63, 3.8) is 0 Å². The Morgan fingerprint density at radius 3 is 2.33 bits per heavy atom. The van der Waals surface area contributed by atoms with Crippen LogP contribution in [0.3, 0.4) is 0 Å². The van der Waals surface area contributed by atoms with E-state index in [0.717, 1.165) is 62.9 Å². The number of thiophene rings is 1. The second kappa shape index (κ2) is 11.8. The molecule has 7 nitrogen and oxygen atoms in total. The van der Waals surface area contributed by atoms with E-state index < -0.39 is 5.25 Å². The molecule has 0 spiro atoms. The second-order valence-electron chi connectivity index (χ2n) is 9.85. The van der Waals surface area contributed by atoms with Crippen LogP contribution in [0.1, 0.15) is 23.6 Å². The number of ether oxygens (including phenoxy) is 2. The van der Waals surface area contributed by atoms with Gasteiger partial charge in [-0.1, -0.05) is 36.0 Å². The number of fused-ring (bicyclic) bond motifs is 3. The third-order valence-corrected chi connectivity index (χ3v) is 9.51. The van der Waals surface area contributed by atoms with Crippen LogP contribution in [0.4, 0.5) is 5.00 Å². The van der Waals surface area contributed by atoms with E-state index in [1.165, 1.54) is 28.7 Å². The fourth-order valence-corrected chi connectivity index (χ4v) is 7.18. The highest BCUT2D eigenvalue weighted by molar-refractivity contribution is 8.00. The van der Waals surface area contributed by atoms with Gasteiger partial charge in [-0.3, -0.25) is 4.79 Å².